The largest absolute Gasteiger partial charge is 0.377 e. The second-order valence-electron chi connectivity index (χ2n) is 7.06. The van der Waals surface area contributed by atoms with Gasteiger partial charge in [-0.05, 0) is 44.6 Å². The van der Waals surface area contributed by atoms with Gasteiger partial charge in [0.2, 0.25) is 0 Å². The van der Waals surface area contributed by atoms with Gasteiger partial charge in [-0.25, -0.2) is 4.98 Å². The molecule has 142 valence electrons. The molecule has 0 N–H and O–H groups in total. The van der Waals surface area contributed by atoms with E-state index in [1.807, 2.05) is 4.57 Å². The number of nitrogens with zero attached hydrogens (tertiary/aromatic N) is 2. The highest BCUT2D eigenvalue weighted by Gasteiger charge is 2.24. The number of rotatable bonds is 6. The molecule has 0 spiro atoms. The van der Waals surface area contributed by atoms with Crippen LogP contribution in [0.15, 0.2) is 9.95 Å². The SMILES string of the molecule is CCc1c(C)sc2nc(SCC3CCCO3)n(CC3CCCO3)c(=O)c12. The summed E-state index contributed by atoms with van der Waals surface area (Å²) in [7, 11) is 0. The normalized spacial score (nSPS) is 23.3. The van der Waals surface area contributed by atoms with Crippen molar-refractivity contribution in [2.45, 2.75) is 69.9 Å². The minimum absolute atomic E-state index is 0.0986. The number of thioether (sulfide) groups is 1. The van der Waals surface area contributed by atoms with E-state index in [1.165, 1.54) is 4.88 Å². The Bertz CT molecular complexity index is 833. The van der Waals surface area contributed by atoms with E-state index in [1.54, 1.807) is 23.1 Å². The van der Waals surface area contributed by atoms with Crippen molar-refractivity contribution in [1.29, 1.82) is 0 Å². The lowest BCUT2D eigenvalue weighted by atomic mass is 10.1. The third-order valence-corrected chi connectivity index (χ3v) is 7.41. The molecule has 2 aromatic heterocycles. The summed E-state index contributed by atoms with van der Waals surface area (Å²) in [5, 5.41) is 1.63. The van der Waals surface area contributed by atoms with Gasteiger partial charge < -0.3 is 9.47 Å². The van der Waals surface area contributed by atoms with Crippen molar-refractivity contribution in [2.24, 2.45) is 0 Å². The van der Waals surface area contributed by atoms with Crippen molar-refractivity contribution in [3.05, 3.63) is 20.8 Å². The van der Waals surface area contributed by atoms with Gasteiger partial charge in [-0.3, -0.25) is 9.36 Å². The molecular weight excluding hydrogens is 368 g/mol. The Balaban J connectivity index is 1.72. The Morgan fingerprint density at radius 2 is 1.96 bits per heavy atom. The molecule has 0 radical (unpaired) electrons. The predicted octanol–water partition coefficient (Wildman–Crippen LogP) is 3.78. The number of aromatic nitrogens is 2. The van der Waals surface area contributed by atoms with Crippen LogP contribution >= 0.6 is 23.1 Å². The van der Waals surface area contributed by atoms with Gasteiger partial charge in [0.05, 0.1) is 24.1 Å². The summed E-state index contributed by atoms with van der Waals surface area (Å²) in [4.78, 5) is 20.3. The first-order valence-corrected chi connectivity index (χ1v) is 11.4. The standard InChI is InChI=1S/C19H26N2O3S2/c1-3-15-12(2)26-17-16(15)18(22)21(10-13-6-4-8-23-13)19(20-17)25-11-14-7-5-9-24-14/h13-14H,3-11H2,1-2H3. The van der Waals surface area contributed by atoms with E-state index >= 15 is 0 Å². The van der Waals surface area contributed by atoms with Gasteiger partial charge in [0.25, 0.3) is 5.56 Å². The molecule has 0 saturated carbocycles. The Kier molecular flexibility index (Phi) is 5.69. The fourth-order valence-electron chi connectivity index (χ4n) is 3.86. The van der Waals surface area contributed by atoms with E-state index in [9.17, 15) is 4.79 Å². The monoisotopic (exact) mass is 394 g/mol. The molecule has 2 aliphatic heterocycles. The molecule has 4 heterocycles. The summed E-state index contributed by atoms with van der Waals surface area (Å²) in [6, 6.07) is 0. The van der Waals surface area contributed by atoms with Gasteiger partial charge in [0, 0.05) is 23.8 Å². The number of aryl methyl sites for hydroxylation is 2. The molecule has 2 atom stereocenters. The lowest BCUT2D eigenvalue weighted by Gasteiger charge is -2.17. The maximum atomic E-state index is 13.4. The summed E-state index contributed by atoms with van der Waals surface area (Å²) < 4.78 is 13.4. The van der Waals surface area contributed by atoms with E-state index < -0.39 is 0 Å². The van der Waals surface area contributed by atoms with Crippen LogP contribution in [0.4, 0.5) is 0 Å². The van der Waals surface area contributed by atoms with Crippen molar-refractivity contribution >= 4 is 33.3 Å². The third-order valence-electron chi connectivity index (χ3n) is 5.26. The minimum Gasteiger partial charge on any atom is -0.377 e. The lowest BCUT2D eigenvalue weighted by Crippen LogP contribution is -2.29. The highest BCUT2D eigenvalue weighted by Crippen LogP contribution is 2.31. The molecule has 0 amide bonds. The van der Waals surface area contributed by atoms with Crippen molar-refractivity contribution < 1.29 is 9.47 Å². The second kappa shape index (κ2) is 8.00. The van der Waals surface area contributed by atoms with Crippen LogP contribution in [-0.4, -0.2) is 40.7 Å². The van der Waals surface area contributed by atoms with E-state index in [-0.39, 0.29) is 17.8 Å². The summed E-state index contributed by atoms with van der Waals surface area (Å²) in [6.45, 7) is 6.45. The average Bonchev–Trinajstić information content (AvgIpc) is 3.36. The van der Waals surface area contributed by atoms with Crippen LogP contribution in [-0.2, 0) is 22.4 Å². The molecule has 0 aliphatic carbocycles. The third kappa shape index (κ3) is 3.59. The number of hydrogen-bond acceptors (Lipinski definition) is 6. The van der Waals surface area contributed by atoms with E-state index in [0.29, 0.717) is 6.54 Å². The fraction of sp³-hybridized carbons (Fsp3) is 0.684. The Morgan fingerprint density at radius 1 is 1.23 bits per heavy atom. The van der Waals surface area contributed by atoms with E-state index in [2.05, 4.69) is 13.8 Å². The van der Waals surface area contributed by atoms with Gasteiger partial charge >= 0.3 is 0 Å². The molecule has 7 heteroatoms. The molecule has 2 unspecified atom stereocenters. The highest BCUT2D eigenvalue weighted by molar-refractivity contribution is 7.99. The van der Waals surface area contributed by atoms with Crippen LogP contribution in [0.3, 0.4) is 0 Å². The van der Waals surface area contributed by atoms with E-state index in [4.69, 9.17) is 14.5 Å². The summed E-state index contributed by atoms with van der Waals surface area (Å²) in [5.41, 5.74) is 1.25. The Morgan fingerprint density at radius 3 is 2.62 bits per heavy atom. The Hall–Kier alpha value is -0.890. The maximum absolute atomic E-state index is 13.4. The molecule has 5 nitrogen and oxygen atoms in total. The first kappa shape index (κ1) is 18.5. The minimum atomic E-state index is 0.0986. The molecule has 4 rings (SSSR count). The quantitative estimate of drug-likeness (QED) is 0.551. The summed E-state index contributed by atoms with van der Waals surface area (Å²) in [6.07, 6.45) is 5.59. The topological polar surface area (TPSA) is 53.4 Å². The van der Waals surface area contributed by atoms with Crippen molar-refractivity contribution in [3.8, 4) is 0 Å². The fourth-order valence-corrected chi connectivity index (χ4v) is 6.09. The first-order chi connectivity index (χ1) is 12.7. The molecule has 2 aliphatic rings. The van der Waals surface area contributed by atoms with Crippen molar-refractivity contribution in [1.82, 2.24) is 9.55 Å². The second-order valence-corrected chi connectivity index (χ2v) is 9.25. The smallest absolute Gasteiger partial charge is 0.263 e. The molecular formula is C19H26N2O3S2. The number of thiophene rings is 1. The Labute approximate surface area is 162 Å². The van der Waals surface area contributed by atoms with Crippen LogP contribution in [0, 0.1) is 6.92 Å². The number of ether oxygens (including phenoxy) is 2. The van der Waals surface area contributed by atoms with E-state index in [0.717, 1.165) is 72.0 Å². The predicted molar refractivity (Wildman–Crippen MR) is 107 cm³/mol. The maximum Gasteiger partial charge on any atom is 0.263 e. The van der Waals surface area contributed by atoms with Gasteiger partial charge in [-0.15, -0.1) is 11.3 Å². The molecule has 2 fully saturated rings. The first-order valence-electron chi connectivity index (χ1n) is 9.56. The zero-order valence-electron chi connectivity index (χ0n) is 15.5. The van der Waals surface area contributed by atoms with Gasteiger partial charge in [-0.1, -0.05) is 18.7 Å². The van der Waals surface area contributed by atoms with Gasteiger partial charge in [0.1, 0.15) is 4.83 Å². The van der Waals surface area contributed by atoms with Crippen LogP contribution in [0.1, 0.15) is 43.0 Å². The molecule has 2 saturated heterocycles. The van der Waals surface area contributed by atoms with Crippen LogP contribution in [0.5, 0.6) is 0 Å². The van der Waals surface area contributed by atoms with Crippen molar-refractivity contribution in [3.63, 3.8) is 0 Å². The summed E-state index contributed by atoms with van der Waals surface area (Å²) in [5.74, 6) is 0.856. The highest BCUT2D eigenvalue weighted by atomic mass is 32.2. The number of fused-ring (bicyclic) bond motifs is 1. The zero-order chi connectivity index (χ0) is 18.1. The van der Waals surface area contributed by atoms with Gasteiger partial charge in [-0.2, -0.15) is 0 Å². The van der Waals surface area contributed by atoms with Crippen molar-refractivity contribution in [2.75, 3.05) is 19.0 Å². The number of hydrogen-bond donors (Lipinski definition) is 0. The lowest BCUT2D eigenvalue weighted by molar-refractivity contribution is 0.0937. The van der Waals surface area contributed by atoms with Gasteiger partial charge in [0.15, 0.2) is 5.16 Å². The molecule has 0 bridgehead atoms. The average molecular weight is 395 g/mol. The zero-order valence-corrected chi connectivity index (χ0v) is 17.1. The molecule has 2 aromatic rings. The summed E-state index contributed by atoms with van der Waals surface area (Å²) >= 11 is 3.30. The molecule has 26 heavy (non-hydrogen) atoms. The van der Waals surface area contributed by atoms with Crippen LogP contribution < -0.4 is 5.56 Å². The van der Waals surface area contributed by atoms with Crippen LogP contribution in [0.2, 0.25) is 0 Å². The molecule has 0 aromatic carbocycles. The van der Waals surface area contributed by atoms with Crippen LogP contribution in [0.25, 0.3) is 10.2 Å².